The molecule has 0 unspecified atom stereocenters. The summed E-state index contributed by atoms with van der Waals surface area (Å²) in [6.07, 6.45) is 12.5. The second-order valence-corrected chi connectivity index (χ2v) is 6.14. The van der Waals surface area contributed by atoms with Gasteiger partial charge >= 0.3 is 0 Å². The first-order chi connectivity index (χ1) is 12.3. The summed E-state index contributed by atoms with van der Waals surface area (Å²) in [5, 5.41) is 9.50. The molecule has 1 aliphatic carbocycles. The number of pyridine rings is 1. The minimum absolute atomic E-state index is 0.0274. The predicted molar refractivity (Wildman–Crippen MR) is 101 cm³/mol. The molecule has 0 N–H and O–H groups in total. The van der Waals surface area contributed by atoms with E-state index in [0.717, 1.165) is 52.6 Å². The third-order valence-electron chi connectivity index (χ3n) is 4.61. The number of nitrogens with zero attached hydrogens (tertiary/aromatic N) is 3. The van der Waals surface area contributed by atoms with Gasteiger partial charge in [0, 0.05) is 17.0 Å². The molecule has 0 aliphatic heterocycles. The second-order valence-electron chi connectivity index (χ2n) is 6.14. The van der Waals surface area contributed by atoms with Crippen molar-refractivity contribution in [2.24, 2.45) is 0 Å². The van der Waals surface area contributed by atoms with Crippen LogP contribution in [0.1, 0.15) is 25.5 Å². The molecular formula is C21H19N3O. The Labute approximate surface area is 146 Å². The molecule has 4 heteroatoms. The van der Waals surface area contributed by atoms with Crippen LogP contribution < -0.4 is 5.56 Å². The predicted octanol–water partition coefficient (Wildman–Crippen LogP) is 4.21. The van der Waals surface area contributed by atoms with E-state index in [1.807, 2.05) is 34.9 Å². The summed E-state index contributed by atoms with van der Waals surface area (Å²) in [7, 11) is 0. The zero-order valence-corrected chi connectivity index (χ0v) is 14.1. The van der Waals surface area contributed by atoms with Gasteiger partial charge in [0.15, 0.2) is 0 Å². The lowest BCUT2D eigenvalue weighted by Crippen LogP contribution is -2.23. The summed E-state index contributed by atoms with van der Waals surface area (Å²) in [6, 6.07) is 9.98. The first-order valence-corrected chi connectivity index (χ1v) is 8.61. The van der Waals surface area contributed by atoms with Gasteiger partial charge in [0.2, 0.25) is 0 Å². The minimum atomic E-state index is 0.0274. The molecule has 4 rings (SSSR count). The van der Waals surface area contributed by atoms with Crippen molar-refractivity contribution in [1.29, 1.82) is 0 Å². The molecular weight excluding hydrogens is 310 g/mol. The molecule has 3 aromatic rings. The van der Waals surface area contributed by atoms with Crippen LogP contribution in [0.3, 0.4) is 0 Å². The van der Waals surface area contributed by atoms with Crippen LogP contribution in [0.15, 0.2) is 65.7 Å². The van der Waals surface area contributed by atoms with Gasteiger partial charge in [0.25, 0.3) is 5.56 Å². The van der Waals surface area contributed by atoms with Gasteiger partial charge in [0.1, 0.15) is 0 Å². The number of aromatic nitrogens is 3. The third kappa shape index (κ3) is 2.70. The van der Waals surface area contributed by atoms with Crippen molar-refractivity contribution >= 4 is 16.5 Å². The van der Waals surface area contributed by atoms with Crippen LogP contribution in [0.25, 0.3) is 27.6 Å². The molecule has 0 saturated carbocycles. The maximum atomic E-state index is 13.5. The molecule has 0 atom stereocenters. The average Bonchev–Trinajstić information content (AvgIpc) is 2.68. The van der Waals surface area contributed by atoms with E-state index in [2.05, 4.69) is 35.3 Å². The van der Waals surface area contributed by atoms with Gasteiger partial charge in [-0.15, -0.1) is 0 Å². The topological polar surface area (TPSA) is 47.8 Å². The molecule has 0 bridgehead atoms. The number of benzene rings is 1. The average molecular weight is 329 g/mol. The van der Waals surface area contributed by atoms with Gasteiger partial charge in [-0.2, -0.15) is 10.2 Å². The van der Waals surface area contributed by atoms with Crippen LogP contribution >= 0.6 is 0 Å². The fourth-order valence-electron chi connectivity index (χ4n) is 3.41. The van der Waals surface area contributed by atoms with Gasteiger partial charge < -0.3 is 0 Å². The Morgan fingerprint density at radius 1 is 1.16 bits per heavy atom. The monoisotopic (exact) mass is 329 g/mol. The fourth-order valence-corrected chi connectivity index (χ4v) is 3.41. The number of rotatable bonds is 3. The van der Waals surface area contributed by atoms with Crippen LogP contribution in [-0.4, -0.2) is 14.8 Å². The van der Waals surface area contributed by atoms with E-state index in [9.17, 15) is 4.79 Å². The van der Waals surface area contributed by atoms with Crippen molar-refractivity contribution in [3.8, 4) is 11.1 Å². The zero-order chi connectivity index (χ0) is 17.2. The first kappa shape index (κ1) is 15.5. The van der Waals surface area contributed by atoms with Gasteiger partial charge in [-0.25, -0.2) is 0 Å². The lowest BCUT2D eigenvalue weighted by molar-refractivity contribution is 0.895. The van der Waals surface area contributed by atoms with E-state index >= 15 is 0 Å². The molecule has 1 aromatic carbocycles. The van der Waals surface area contributed by atoms with Crippen LogP contribution in [0, 0.1) is 0 Å². The van der Waals surface area contributed by atoms with Crippen LogP contribution in [0.5, 0.6) is 0 Å². The SMILES string of the molecule is CCc1cc2cccc(-c3ccnnc3)c2c(=O)n1C1=CCCC=C1. The number of allylic oxidation sites excluding steroid dienone is 4. The Bertz CT molecular complexity index is 1050. The van der Waals surface area contributed by atoms with Crippen molar-refractivity contribution in [2.75, 3.05) is 0 Å². The van der Waals surface area contributed by atoms with E-state index in [0.29, 0.717) is 0 Å². The fraction of sp³-hybridized carbons (Fsp3) is 0.190. The molecule has 4 nitrogen and oxygen atoms in total. The summed E-state index contributed by atoms with van der Waals surface area (Å²) in [5.41, 5.74) is 3.83. The Kier molecular flexibility index (Phi) is 4.02. The standard InChI is InChI=1S/C21H19N3O/c1-2-17-13-15-7-6-10-19(16-11-12-22-23-14-16)20(15)21(25)24(17)18-8-4-3-5-9-18/h4,6-14H,2-3,5H2,1H3. The molecule has 0 amide bonds. The van der Waals surface area contributed by atoms with Crippen molar-refractivity contribution in [3.63, 3.8) is 0 Å². The van der Waals surface area contributed by atoms with Crippen molar-refractivity contribution in [2.45, 2.75) is 26.2 Å². The Morgan fingerprint density at radius 3 is 2.80 bits per heavy atom. The van der Waals surface area contributed by atoms with Crippen LogP contribution in [0.2, 0.25) is 0 Å². The highest BCUT2D eigenvalue weighted by atomic mass is 16.1. The third-order valence-corrected chi connectivity index (χ3v) is 4.61. The largest absolute Gasteiger partial charge is 0.281 e. The normalized spacial score (nSPS) is 13.9. The summed E-state index contributed by atoms with van der Waals surface area (Å²) < 4.78 is 1.86. The summed E-state index contributed by atoms with van der Waals surface area (Å²) in [4.78, 5) is 13.5. The van der Waals surface area contributed by atoms with Gasteiger partial charge in [-0.05, 0) is 48.4 Å². The van der Waals surface area contributed by atoms with Gasteiger partial charge in [0.05, 0.1) is 17.8 Å². The van der Waals surface area contributed by atoms with E-state index in [-0.39, 0.29) is 5.56 Å². The smallest absolute Gasteiger partial charge is 0.263 e. The van der Waals surface area contributed by atoms with Crippen LogP contribution in [-0.2, 0) is 6.42 Å². The second kappa shape index (κ2) is 6.48. The molecule has 0 spiro atoms. The summed E-state index contributed by atoms with van der Waals surface area (Å²) in [6.45, 7) is 2.08. The maximum absolute atomic E-state index is 13.5. The highest BCUT2D eigenvalue weighted by Crippen LogP contribution is 2.27. The quantitative estimate of drug-likeness (QED) is 0.723. The van der Waals surface area contributed by atoms with Crippen molar-refractivity contribution < 1.29 is 0 Å². The molecule has 0 radical (unpaired) electrons. The molecule has 0 fully saturated rings. The maximum Gasteiger partial charge on any atom is 0.263 e. The number of aryl methyl sites for hydroxylation is 1. The van der Waals surface area contributed by atoms with Crippen LogP contribution in [0.4, 0.5) is 0 Å². The number of hydrogen-bond donors (Lipinski definition) is 0. The van der Waals surface area contributed by atoms with E-state index in [1.165, 1.54) is 0 Å². The van der Waals surface area contributed by atoms with E-state index in [1.54, 1.807) is 12.4 Å². The van der Waals surface area contributed by atoms with Gasteiger partial charge in [-0.3, -0.25) is 9.36 Å². The lowest BCUT2D eigenvalue weighted by Gasteiger charge is -2.17. The summed E-state index contributed by atoms with van der Waals surface area (Å²) >= 11 is 0. The van der Waals surface area contributed by atoms with Gasteiger partial charge in [-0.1, -0.05) is 37.3 Å². The summed E-state index contributed by atoms with van der Waals surface area (Å²) in [5.74, 6) is 0. The molecule has 0 saturated heterocycles. The van der Waals surface area contributed by atoms with E-state index in [4.69, 9.17) is 0 Å². The highest BCUT2D eigenvalue weighted by molar-refractivity contribution is 5.96. The molecule has 2 heterocycles. The highest BCUT2D eigenvalue weighted by Gasteiger charge is 2.15. The van der Waals surface area contributed by atoms with Crippen molar-refractivity contribution in [1.82, 2.24) is 14.8 Å². The Hall–Kier alpha value is -3.01. The Morgan fingerprint density at radius 2 is 2.08 bits per heavy atom. The molecule has 1 aliphatic rings. The minimum Gasteiger partial charge on any atom is -0.281 e. The zero-order valence-electron chi connectivity index (χ0n) is 14.1. The first-order valence-electron chi connectivity index (χ1n) is 8.61. The van der Waals surface area contributed by atoms with E-state index < -0.39 is 0 Å². The molecule has 124 valence electrons. The van der Waals surface area contributed by atoms with Crippen molar-refractivity contribution in [3.05, 3.63) is 77.0 Å². The molecule has 25 heavy (non-hydrogen) atoms. The number of fused-ring (bicyclic) bond motifs is 1. The Balaban J connectivity index is 2.07. The lowest BCUT2D eigenvalue weighted by atomic mass is 9.99. The molecule has 2 aromatic heterocycles. The number of hydrogen-bond acceptors (Lipinski definition) is 3.